The number of aliphatic hydroxyl groups is 1. The fourth-order valence-corrected chi connectivity index (χ4v) is 2.60. The fourth-order valence-electron chi connectivity index (χ4n) is 2.60. The Morgan fingerprint density at radius 3 is 2.71 bits per heavy atom. The second-order valence-corrected chi connectivity index (χ2v) is 5.88. The molecule has 6 nitrogen and oxygen atoms in total. The molecule has 0 aromatic heterocycles. The monoisotopic (exact) mass is 332 g/mol. The number of allylic oxidation sites excluding steroid dienone is 2. The Hall–Kier alpha value is -2.18. The molecule has 2 N–H and O–H groups in total. The van der Waals surface area contributed by atoms with Gasteiger partial charge in [-0.05, 0) is 31.2 Å². The molecular weight excluding hydrogens is 310 g/mol. The van der Waals surface area contributed by atoms with Crippen molar-refractivity contribution >= 4 is 11.9 Å². The Balaban J connectivity index is 1.73. The molecule has 6 heteroatoms. The molecule has 1 aromatic rings. The number of rotatable bonds is 8. The molecule has 1 aliphatic carbocycles. The summed E-state index contributed by atoms with van der Waals surface area (Å²) < 4.78 is 5.50. The van der Waals surface area contributed by atoms with Crippen molar-refractivity contribution in [2.45, 2.75) is 25.4 Å². The Bertz CT molecular complexity index is 599. The average Bonchev–Trinajstić information content (AvgIpc) is 2.60. The highest BCUT2D eigenvalue weighted by molar-refractivity contribution is 6.04. The molecule has 0 saturated carbocycles. The SMILES string of the molecule is O=C([O-])c1ccccc1C(=O)NC[C@H](O)COC[C@@H]1CC=CCC1. The van der Waals surface area contributed by atoms with Gasteiger partial charge in [0.05, 0.1) is 18.7 Å². The molecule has 0 radical (unpaired) electrons. The van der Waals surface area contributed by atoms with Gasteiger partial charge in [0.15, 0.2) is 0 Å². The zero-order valence-corrected chi connectivity index (χ0v) is 13.4. The van der Waals surface area contributed by atoms with Crippen molar-refractivity contribution in [2.75, 3.05) is 19.8 Å². The molecule has 1 aromatic carbocycles. The number of hydrogen-bond donors (Lipinski definition) is 2. The van der Waals surface area contributed by atoms with Gasteiger partial charge in [-0.1, -0.05) is 30.4 Å². The molecule has 1 amide bonds. The lowest BCUT2D eigenvalue weighted by Gasteiger charge is -2.19. The minimum Gasteiger partial charge on any atom is -0.545 e. The molecule has 0 fully saturated rings. The Morgan fingerprint density at radius 1 is 1.29 bits per heavy atom. The van der Waals surface area contributed by atoms with Gasteiger partial charge >= 0.3 is 0 Å². The number of ether oxygens (including phenoxy) is 1. The lowest BCUT2D eigenvalue weighted by Crippen LogP contribution is -2.36. The zero-order valence-electron chi connectivity index (χ0n) is 13.4. The summed E-state index contributed by atoms with van der Waals surface area (Å²) >= 11 is 0. The first-order valence-corrected chi connectivity index (χ1v) is 8.07. The van der Waals surface area contributed by atoms with E-state index in [1.54, 1.807) is 6.07 Å². The van der Waals surface area contributed by atoms with Crippen LogP contribution < -0.4 is 10.4 Å². The maximum Gasteiger partial charge on any atom is 0.252 e. The van der Waals surface area contributed by atoms with Gasteiger partial charge in [0.25, 0.3) is 5.91 Å². The first-order chi connectivity index (χ1) is 11.6. The number of carbonyl (C=O) groups excluding carboxylic acids is 2. The summed E-state index contributed by atoms with van der Waals surface area (Å²) in [5, 5.41) is 23.4. The lowest BCUT2D eigenvalue weighted by atomic mass is 9.95. The molecular formula is C18H22NO5-. The van der Waals surface area contributed by atoms with E-state index in [2.05, 4.69) is 17.5 Å². The molecule has 130 valence electrons. The van der Waals surface area contributed by atoms with E-state index in [1.165, 1.54) is 18.2 Å². The Morgan fingerprint density at radius 2 is 2.04 bits per heavy atom. The molecule has 2 atom stereocenters. The van der Waals surface area contributed by atoms with E-state index in [4.69, 9.17) is 4.74 Å². The topological polar surface area (TPSA) is 98.7 Å². The maximum atomic E-state index is 12.0. The van der Waals surface area contributed by atoms with Gasteiger partial charge in [0, 0.05) is 24.3 Å². The van der Waals surface area contributed by atoms with E-state index in [0.717, 1.165) is 19.3 Å². The van der Waals surface area contributed by atoms with Crippen LogP contribution in [-0.4, -0.2) is 42.8 Å². The third-order valence-corrected chi connectivity index (χ3v) is 3.93. The van der Waals surface area contributed by atoms with Gasteiger partial charge in [0.2, 0.25) is 0 Å². The Kier molecular flexibility index (Phi) is 6.96. The summed E-state index contributed by atoms with van der Waals surface area (Å²) in [5.74, 6) is -1.50. The number of hydrogen-bond acceptors (Lipinski definition) is 5. The molecule has 0 heterocycles. The van der Waals surface area contributed by atoms with E-state index in [9.17, 15) is 19.8 Å². The molecule has 0 bridgehead atoms. The number of amides is 1. The quantitative estimate of drug-likeness (QED) is 0.676. The summed E-state index contributed by atoms with van der Waals surface area (Å²) in [5.41, 5.74) is -0.161. The smallest absolute Gasteiger partial charge is 0.252 e. The van der Waals surface area contributed by atoms with Crippen LogP contribution in [0.5, 0.6) is 0 Å². The molecule has 0 saturated heterocycles. The first-order valence-electron chi connectivity index (χ1n) is 8.07. The van der Waals surface area contributed by atoms with Crippen molar-refractivity contribution in [1.29, 1.82) is 0 Å². The van der Waals surface area contributed by atoms with Gasteiger partial charge in [-0.25, -0.2) is 0 Å². The third-order valence-electron chi connectivity index (χ3n) is 3.93. The van der Waals surface area contributed by atoms with Gasteiger partial charge < -0.3 is 25.1 Å². The van der Waals surface area contributed by atoms with Crippen LogP contribution in [0, 0.1) is 5.92 Å². The van der Waals surface area contributed by atoms with Crippen LogP contribution in [0.2, 0.25) is 0 Å². The Labute approximate surface area is 141 Å². The summed E-state index contributed by atoms with van der Waals surface area (Å²) in [7, 11) is 0. The van der Waals surface area contributed by atoms with Crippen molar-refractivity contribution in [3.63, 3.8) is 0 Å². The number of carboxylic acids is 1. The van der Waals surface area contributed by atoms with E-state index in [0.29, 0.717) is 12.5 Å². The first kappa shape index (κ1) is 18.2. The standard InChI is InChI=1S/C18H23NO5/c20-14(12-24-11-13-6-2-1-3-7-13)10-19-17(21)15-8-4-5-9-16(15)18(22)23/h1-2,4-5,8-9,13-14,20H,3,6-7,10-12H2,(H,19,21)(H,22,23)/p-1/t13-,14+/m1/s1. The number of carbonyl (C=O) groups is 2. The van der Waals surface area contributed by atoms with Crippen molar-refractivity contribution < 1.29 is 24.5 Å². The molecule has 0 aliphatic heterocycles. The van der Waals surface area contributed by atoms with Crippen molar-refractivity contribution in [3.05, 3.63) is 47.5 Å². The highest BCUT2D eigenvalue weighted by Crippen LogP contribution is 2.18. The van der Waals surface area contributed by atoms with Crippen LogP contribution in [0.15, 0.2) is 36.4 Å². The highest BCUT2D eigenvalue weighted by Gasteiger charge is 2.14. The van der Waals surface area contributed by atoms with Crippen LogP contribution in [0.3, 0.4) is 0 Å². The van der Waals surface area contributed by atoms with Crippen LogP contribution >= 0.6 is 0 Å². The summed E-state index contributed by atoms with van der Waals surface area (Å²) in [4.78, 5) is 23.0. The second kappa shape index (κ2) is 9.20. The largest absolute Gasteiger partial charge is 0.545 e. The van der Waals surface area contributed by atoms with Crippen LogP contribution in [0.25, 0.3) is 0 Å². The number of benzene rings is 1. The maximum absolute atomic E-state index is 12.0. The summed E-state index contributed by atoms with van der Waals surface area (Å²) in [6.07, 6.45) is 6.60. The van der Waals surface area contributed by atoms with Gasteiger partial charge in [-0.3, -0.25) is 4.79 Å². The van der Waals surface area contributed by atoms with Crippen LogP contribution in [0.4, 0.5) is 0 Å². The average molecular weight is 332 g/mol. The number of aliphatic hydroxyl groups excluding tert-OH is 1. The molecule has 0 spiro atoms. The molecule has 2 rings (SSSR count). The predicted molar refractivity (Wildman–Crippen MR) is 86.4 cm³/mol. The van der Waals surface area contributed by atoms with Gasteiger partial charge in [-0.2, -0.15) is 0 Å². The third kappa shape index (κ3) is 5.47. The summed E-state index contributed by atoms with van der Waals surface area (Å²) in [6.45, 7) is 0.705. The van der Waals surface area contributed by atoms with E-state index in [-0.39, 0.29) is 24.3 Å². The number of carboxylic acid groups (broad SMARTS) is 1. The fraction of sp³-hybridized carbons (Fsp3) is 0.444. The van der Waals surface area contributed by atoms with Crippen molar-refractivity contribution in [2.24, 2.45) is 5.92 Å². The number of aromatic carboxylic acids is 1. The van der Waals surface area contributed by atoms with Gasteiger partial charge in [0.1, 0.15) is 0 Å². The molecule has 0 unspecified atom stereocenters. The van der Waals surface area contributed by atoms with Crippen molar-refractivity contribution in [1.82, 2.24) is 5.32 Å². The minimum atomic E-state index is -1.41. The van der Waals surface area contributed by atoms with E-state index >= 15 is 0 Å². The van der Waals surface area contributed by atoms with E-state index in [1.807, 2.05) is 0 Å². The molecule has 24 heavy (non-hydrogen) atoms. The normalized spacial score (nSPS) is 18.1. The van der Waals surface area contributed by atoms with E-state index < -0.39 is 18.0 Å². The number of nitrogens with one attached hydrogen (secondary N) is 1. The van der Waals surface area contributed by atoms with Crippen molar-refractivity contribution in [3.8, 4) is 0 Å². The summed E-state index contributed by atoms with van der Waals surface area (Å²) in [6, 6.07) is 5.80. The predicted octanol–water partition coefficient (Wildman–Crippen LogP) is 0.514. The van der Waals surface area contributed by atoms with Gasteiger partial charge in [-0.15, -0.1) is 0 Å². The lowest BCUT2D eigenvalue weighted by molar-refractivity contribution is -0.255. The highest BCUT2D eigenvalue weighted by atomic mass is 16.5. The molecule has 1 aliphatic rings. The second-order valence-electron chi connectivity index (χ2n) is 5.88. The minimum absolute atomic E-state index is 0.00914. The zero-order chi connectivity index (χ0) is 17.4. The van der Waals surface area contributed by atoms with Crippen LogP contribution in [0.1, 0.15) is 40.0 Å². The van der Waals surface area contributed by atoms with Crippen LogP contribution in [-0.2, 0) is 4.74 Å².